The zero-order valence-corrected chi connectivity index (χ0v) is 13.5. The highest BCUT2D eigenvalue weighted by atomic mass is 16.3. The fraction of sp³-hybridized carbons (Fsp3) is 0.263. The molecule has 24 heavy (non-hydrogen) atoms. The van der Waals surface area contributed by atoms with Gasteiger partial charge >= 0.3 is 11.8 Å². The van der Waals surface area contributed by atoms with Crippen molar-refractivity contribution in [3.63, 3.8) is 0 Å². The standard InChI is InChI=1S/C19H20N2O3/c1-13-5-4-8-16(9-13)21-18(23)17(22)20-12-19(24)10-14-6-2-3-7-15(14)11-19/h2-9,24H,10-12H2,1H3,(H,20,22)(H,21,23). The molecule has 3 N–H and O–H groups in total. The number of aliphatic hydroxyl groups is 1. The van der Waals surface area contributed by atoms with Crippen molar-refractivity contribution in [2.75, 3.05) is 11.9 Å². The molecule has 0 radical (unpaired) electrons. The van der Waals surface area contributed by atoms with Crippen molar-refractivity contribution in [1.29, 1.82) is 0 Å². The molecule has 0 saturated heterocycles. The average molecular weight is 324 g/mol. The fourth-order valence-electron chi connectivity index (χ4n) is 3.03. The van der Waals surface area contributed by atoms with Crippen LogP contribution in [0.25, 0.3) is 0 Å². The van der Waals surface area contributed by atoms with Crippen LogP contribution in [0.15, 0.2) is 48.5 Å². The van der Waals surface area contributed by atoms with Crippen molar-refractivity contribution in [3.8, 4) is 0 Å². The minimum Gasteiger partial charge on any atom is -0.387 e. The lowest BCUT2D eigenvalue weighted by Gasteiger charge is -2.22. The van der Waals surface area contributed by atoms with Crippen molar-refractivity contribution in [3.05, 3.63) is 65.2 Å². The summed E-state index contributed by atoms with van der Waals surface area (Å²) in [5.41, 5.74) is 2.69. The molecule has 2 amide bonds. The van der Waals surface area contributed by atoms with Crippen LogP contribution in [0.5, 0.6) is 0 Å². The zero-order chi connectivity index (χ0) is 17.2. The molecule has 0 aromatic heterocycles. The lowest BCUT2D eigenvalue weighted by molar-refractivity contribution is -0.136. The Hall–Kier alpha value is -2.66. The molecule has 0 atom stereocenters. The quantitative estimate of drug-likeness (QED) is 0.750. The Morgan fingerprint density at radius 1 is 1.04 bits per heavy atom. The first-order chi connectivity index (χ1) is 11.5. The first-order valence-corrected chi connectivity index (χ1v) is 7.90. The predicted molar refractivity (Wildman–Crippen MR) is 91.6 cm³/mol. The highest BCUT2D eigenvalue weighted by Crippen LogP contribution is 2.29. The zero-order valence-electron chi connectivity index (χ0n) is 13.5. The van der Waals surface area contributed by atoms with Gasteiger partial charge in [0.25, 0.3) is 0 Å². The number of benzene rings is 2. The number of anilines is 1. The number of carbonyl (C=O) groups is 2. The third-order valence-corrected chi connectivity index (χ3v) is 4.22. The van der Waals surface area contributed by atoms with E-state index in [-0.39, 0.29) is 6.54 Å². The monoisotopic (exact) mass is 324 g/mol. The first-order valence-electron chi connectivity index (χ1n) is 7.90. The van der Waals surface area contributed by atoms with Gasteiger partial charge in [-0.25, -0.2) is 0 Å². The van der Waals surface area contributed by atoms with Gasteiger partial charge in [-0.15, -0.1) is 0 Å². The molecule has 0 spiro atoms. The van der Waals surface area contributed by atoms with Gasteiger partial charge in [0.05, 0.1) is 5.60 Å². The highest BCUT2D eigenvalue weighted by molar-refractivity contribution is 6.39. The number of carbonyl (C=O) groups excluding carboxylic acids is 2. The Morgan fingerprint density at radius 2 is 1.71 bits per heavy atom. The van der Waals surface area contributed by atoms with Gasteiger partial charge in [0, 0.05) is 25.1 Å². The van der Waals surface area contributed by atoms with Gasteiger partial charge in [-0.3, -0.25) is 9.59 Å². The average Bonchev–Trinajstić information content (AvgIpc) is 2.89. The molecule has 0 fully saturated rings. The third kappa shape index (κ3) is 3.63. The van der Waals surface area contributed by atoms with Crippen LogP contribution >= 0.6 is 0 Å². The Kier molecular flexibility index (Phi) is 4.36. The first kappa shape index (κ1) is 16.2. The molecule has 1 aliphatic carbocycles. The van der Waals surface area contributed by atoms with E-state index in [9.17, 15) is 14.7 Å². The maximum Gasteiger partial charge on any atom is 0.313 e. The van der Waals surface area contributed by atoms with Gasteiger partial charge in [-0.2, -0.15) is 0 Å². The Balaban J connectivity index is 1.55. The van der Waals surface area contributed by atoms with E-state index in [1.165, 1.54) is 0 Å². The van der Waals surface area contributed by atoms with E-state index >= 15 is 0 Å². The number of hydrogen-bond acceptors (Lipinski definition) is 3. The lowest BCUT2D eigenvalue weighted by atomic mass is 10.0. The van der Waals surface area contributed by atoms with Gasteiger partial charge in [0.1, 0.15) is 0 Å². The lowest BCUT2D eigenvalue weighted by Crippen LogP contribution is -2.46. The Bertz CT molecular complexity index is 761. The highest BCUT2D eigenvalue weighted by Gasteiger charge is 2.35. The molecule has 0 aliphatic heterocycles. The van der Waals surface area contributed by atoms with Crippen LogP contribution in [0.2, 0.25) is 0 Å². The summed E-state index contributed by atoms with van der Waals surface area (Å²) in [5.74, 6) is -1.49. The second-order valence-electron chi connectivity index (χ2n) is 6.35. The smallest absolute Gasteiger partial charge is 0.313 e. The van der Waals surface area contributed by atoms with Crippen LogP contribution in [-0.4, -0.2) is 29.1 Å². The minimum atomic E-state index is -1.04. The number of fused-ring (bicyclic) bond motifs is 1. The predicted octanol–water partition coefficient (Wildman–Crippen LogP) is 1.58. The van der Waals surface area contributed by atoms with Crippen molar-refractivity contribution >= 4 is 17.5 Å². The molecular formula is C19H20N2O3. The maximum atomic E-state index is 12.0. The van der Waals surface area contributed by atoms with Crippen molar-refractivity contribution in [2.45, 2.75) is 25.4 Å². The van der Waals surface area contributed by atoms with Crippen molar-refractivity contribution < 1.29 is 14.7 Å². The summed E-state index contributed by atoms with van der Waals surface area (Å²) >= 11 is 0. The molecular weight excluding hydrogens is 304 g/mol. The van der Waals surface area contributed by atoms with E-state index in [4.69, 9.17) is 0 Å². The molecule has 3 rings (SSSR count). The number of amides is 2. The number of nitrogens with one attached hydrogen (secondary N) is 2. The van der Waals surface area contributed by atoms with Gasteiger partial charge in [-0.05, 0) is 35.7 Å². The number of rotatable bonds is 3. The van der Waals surface area contributed by atoms with E-state index in [1.807, 2.05) is 37.3 Å². The summed E-state index contributed by atoms with van der Waals surface area (Å²) in [6.45, 7) is 1.95. The second-order valence-corrected chi connectivity index (χ2v) is 6.35. The largest absolute Gasteiger partial charge is 0.387 e. The summed E-state index contributed by atoms with van der Waals surface area (Å²) < 4.78 is 0. The van der Waals surface area contributed by atoms with E-state index < -0.39 is 17.4 Å². The number of aryl methyl sites for hydroxylation is 1. The van der Waals surface area contributed by atoms with Crippen molar-refractivity contribution in [1.82, 2.24) is 5.32 Å². The summed E-state index contributed by atoms with van der Waals surface area (Å²) in [6, 6.07) is 15.0. The van der Waals surface area contributed by atoms with E-state index in [0.29, 0.717) is 18.5 Å². The second kappa shape index (κ2) is 6.45. The number of hydrogen-bond donors (Lipinski definition) is 3. The molecule has 0 bridgehead atoms. The molecule has 124 valence electrons. The van der Waals surface area contributed by atoms with Crippen LogP contribution < -0.4 is 10.6 Å². The van der Waals surface area contributed by atoms with Crippen LogP contribution in [0, 0.1) is 6.92 Å². The topological polar surface area (TPSA) is 78.4 Å². The van der Waals surface area contributed by atoms with Crippen molar-refractivity contribution in [2.24, 2.45) is 0 Å². The van der Waals surface area contributed by atoms with Crippen LogP contribution in [0.4, 0.5) is 5.69 Å². The molecule has 0 unspecified atom stereocenters. The summed E-state index contributed by atoms with van der Waals surface area (Å²) in [7, 11) is 0. The molecule has 0 heterocycles. The summed E-state index contributed by atoms with van der Waals surface area (Å²) in [4.78, 5) is 23.9. The molecule has 2 aromatic carbocycles. The van der Waals surface area contributed by atoms with E-state index in [0.717, 1.165) is 16.7 Å². The molecule has 5 heteroatoms. The molecule has 0 saturated carbocycles. The van der Waals surface area contributed by atoms with E-state index in [1.54, 1.807) is 18.2 Å². The van der Waals surface area contributed by atoms with Crippen LogP contribution in [-0.2, 0) is 22.4 Å². The van der Waals surface area contributed by atoms with Gasteiger partial charge in [0.2, 0.25) is 0 Å². The van der Waals surface area contributed by atoms with Crippen LogP contribution in [0.1, 0.15) is 16.7 Å². The third-order valence-electron chi connectivity index (χ3n) is 4.22. The Morgan fingerprint density at radius 3 is 2.33 bits per heavy atom. The summed E-state index contributed by atoms with van der Waals surface area (Å²) in [5, 5.41) is 15.7. The van der Waals surface area contributed by atoms with Crippen LogP contribution in [0.3, 0.4) is 0 Å². The van der Waals surface area contributed by atoms with Gasteiger partial charge in [-0.1, -0.05) is 36.4 Å². The normalized spacial score (nSPS) is 14.8. The fourth-order valence-corrected chi connectivity index (χ4v) is 3.03. The van der Waals surface area contributed by atoms with Gasteiger partial charge in [0.15, 0.2) is 0 Å². The summed E-state index contributed by atoms with van der Waals surface area (Å²) in [6.07, 6.45) is 0.950. The Labute approximate surface area is 140 Å². The van der Waals surface area contributed by atoms with E-state index in [2.05, 4.69) is 10.6 Å². The molecule has 5 nitrogen and oxygen atoms in total. The minimum absolute atomic E-state index is 0.0434. The van der Waals surface area contributed by atoms with Gasteiger partial charge < -0.3 is 15.7 Å². The maximum absolute atomic E-state index is 12.0. The SMILES string of the molecule is Cc1cccc(NC(=O)C(=O)NCC2(O)Cc3ccccc3C2)c1. The molecule has 2 aromatic rings. The molecule has 1 aliphatic rings.